The first-order chi connectivity index (χ1) is 12.5. The molecule has 2 aromatic heterocycles. The maximum atomic E-state index is 11.6. The van der Waals surface area contributed by atoms with Gasteiger partial charge in [-0.2, -0.15) is 0 Å². The van der Waals surface area contributed by atoms with Crippen LogP contribution in [0, 0.1) is 12.8 Å². The van der Waals surface area contributed by atoms with Crippen molar-refractivity contribution in [3.63, 3.8) is 0 Å². The second-order valence-electron chi connectivity index (χ2n) is 7.25. The van der Waals surface area contributed by atoms with E-state index in [1.165, 1.54) is 5.69 Å². The van der Waals surface area contributed by atoms with Gasteiger partial charge in [0.1, 0.15) is 12.4 Å². The Hall–Kier alpha value is -2.12. The summed E-state index contributed by atoms with van der Waals surface area (Å²) in [6.45, 7) is 6.28. The number of likely N-dealkylation sites (N-methyl/N-ethyl adjacent to an activating group) is 1. The van der Waals surface area contributed by atoms with E-state index in [1.807, 2.05) is 13.0 Å². The van der Waals surface area contributed by atoms with E-state index in [4.69, 9.17) is 9.26 Å². The molecular formula is C19H28N4O3. The molecule has 0 saturated heterocycles. The van der Waals surface area contributed by atoms with Crippen molar-refractivity contribution in [3.05, 3.63) is 41.5 Å². The molecule has 1 aliphatic rings. The Bertz CT molecular complexity index is 722. The molecule has 7 nitrogen and oxygen atoms in total. The third-order valence-corrected chi connectivity index (χ3v) is 4.74. The van der Waals surface area contributed by atoms with Gasteiger partial charge in [-0.1, -0.05) is 5.16 Å². The number of aromatic nitrogens is 2. The molecule has 2 aromatic rings. The Morgan fingerprint density at radius 3 is 3.00 bits per heavy atom. The standard InChI is InChI=1S/C19H28N4O3/c1-15-9-17(20-26-15)12-22-10-16(6-8-25-14-19(24)21(2)3)11-23-7-4-5-18(23)13-22/h4-5,7,9,16H,6,8,10-14H2,1-3H3/t16-/m1/s1. The maximum absolute atomic E-state index is 11.6. The molecule has 0 radical (unpaired) electrons. The smallest absolute Gasteiger partial charge is 0.248 e. The minimum Gasteiger partial charge on any atom is -0.372 e. The quantitative estimate of drug-likeness (QED) is 0.706. The van der Waals surface area contributed by atoms with E-state index in [1.54, 1.807) is 19.0 Å². The first kappa shape index (κ1) is 18.7. The molecule has 7 heteroatoms. The number of aryl methyl sites for hydroxylation is 1. The zero-order chi connectivity index (χ0) is 18.5. The lowest BCUT2D eigenvalue weighted by Gasteiger charge is -2.23. The van der Waals surface area contributed by atoms with Crippen molar-refractivity contribution in [2.75, 3.05) is 33.9 Å². The van der Waals surface area contributed by atoms with Gasteiger partial charge in [-0.05, 0) is 31.4 Å². The summed E-state index contributed by atoms with van der Waals surface area (Å²) < 4.78 is 13.1. The van der Waals surface area contributed by atoms with Gasteiger partial charge >= 0.3 is 0 Å². The molecule has 142 valence electrons. The highest BCUT2D eigenvalue weighted by atomic mass is 16.5. The zero-order valence-corrected chi connectivity index (χ0v) is 15.9. The van der Waals surface area contributed by atoms with Crippen molar-refractivity contribution in [1.29, 1.82) is 0 Å². The lowest BCUT2D eigenvalue weighted by atomic mass is 10.1. The highest BCUT2D eigenvalue weighted by Crippen LogP contribution is 2.21. The minimum absolute atomic E-state index is 0.00147. The van der Waals surface area contributed by atoms with E-state index < -0.39 is 0 Å². The van der Waals surface area contributed by atoms with Crippen LogP contribution in [-0.4, -0.2) is 59.3 Å². The Labute approximate surface area is 154 Å². The zero-order valence-electron chi connectivity index (χ0n) is 15.9. The van der Waals surface area contributed by atoms with Crippen LogP contribution < -0.4 is 0 Å². The van der Waals surface area contributed by atoms with Crippen molar-refractivity contribution in [2.24, 2.45) is 5.92 Å². The average molecular weight is 360 g/mol. The number of rotatable bonds is 7. The number of ether oxygens (including phenoxy) is 1. The Morgan fingerprint density at radius 2 is 2.27 bits per heavy atom. The van der Waals surface area contributed by atoms with E-state index in [0.717, 1.165) is 44.1 Å². The maximum Gasteiger partial charge on any atom is 0.248 e. The van der Waals surface area contributed by atoms with E-state index in [2.05, 4.69) is 33.0 Å². The molecule has 0 saturated carbocycles. The summed E-state index contributed by atoms with van der Waals surface area (Å²) >= 11 is 0. The van der Waals surface area contributed by atoms with Crippen LogP contribution in [0.2, 0.25) is 0 Å². The summed E-state index contributed by atoms with van der Waals surface area (Å²) in [7, 11) is 3.49. The van der Waals surface area contributed by atoms with Crippen LogP contribution in [0.15, 0.2) is 28.9 Å². The number of hydrogen-bond acceptors (Lipinski definition) is 5. The van der Waals surface area contributed by atoms with Crippen LogP contribution in [0.1, 0.15) is 23.6 Å². The van der Waals surface area contributed by atoms with Crippen LogP contribution in [0.3, 0.4) is 0 Å². The highest BCUT2D eigenvalue weighted by molar-refractivity contribution is 5.76. The summed E-state index contributed by atoms with van der Waals surface area (Å²) in [4.78, 5) is 15.6. The minimum atomic E-state index is 0.00147. The second kappa shape index (κ2) is 8.51. The third kappa shape index (κ3) is 4.95. The summed E-state index contributed by atoms with van der Waals surface area (Å²) in [5, 5.41) is 4.13. The van der Waals surface area contributed by atoms with Crippen LogP contribution in [0.25, 0.3) is 0 Å². The van der Waals surface area contributed by atoms with Crippen molar-refractivity contribution in [3.8, 4) is 0 Å². The number of nitrogens with zero attached hydrogens (tertiary/aromatic N) is 4. The normalized spacial score (nSPS) is 17.7. The van der Waals surface area contributed by atoms with Gasteiger partial charge in [0, 0.05) is 64.8 Å². The molecule has 0 unspecified atom stereocenters. The first-order valence-corrected chi connectivity index (χ1v) is 9.07. The fraction of sp³-hybridized carbons (Fsp3) is 0.579. The lowest BCUT2D eigenvalue weighted by Crippen LogP contribution is -2.29. The van der Waals surface area contributed by atoms with E-state index in [0.29, 0.717) is 12.5 Å². The number of hydrogen-bond donors (Lipinski definition) is 0. The summed E-state index contributed by atoms with van der Waals surface area (Å²) in [6.07, 6.45) is 3.06. The SMILES string of the molecule is Cc1cc(CN2Cc3cccn3C[C@H](CCOCC(=O)N(C)C)C2)no1. The molecule has 0 aliphatic carbocycles. The van der Waals surface area contributed by atoms with Gasteiger partial charge in [-0.15, -0.1) is 0 Å². The van der Waals surface area contributed by atoms with Gasteiger partial charge in [0.05, 0.1) is 5.69 Å². The van der Waals surface area contributed by atoms with Crippen LogP contribution in [-0.2, 0) is 29.2 Å². The van der Waals surface area contributed by atoms with Crippen LogP contribution >= 0.6 is 0 Å². The van der Waals surface area contributed by atoms with Gasteiger partial charge in [-0.25, -0.2) is 0 Å². The van der Waals surface area contributed by atoms with Crippen molar-refractivity contribution >= 4 is 5.91 Å². The second-order valence-corrected chi connectivity index (χ2v) is 7.25. The Balaban J connectivity index is 1.57. The molecule has 0 fully saturated rings. The topological polar surface area (TPSA) is 63.7 Å². The molecule has 0 N–H and O–H groups in total. The summed E-state index contributed by atoms with van der Waals surface area (Å²) in [6, 6.07) is 6.27. The van der Waals surface area contributed by atoms with Crippen molar-refractivity contribution < 1.29 is 14.1 Å². The first-order valence-electron chi connectivity index (χ1n) is 9.07. The fourth-order valence-electron chi connectivity index (χ4n) is 3.33. The largest absolute Gasteiger partial charge is 0.372 e. The Kier molecular flexibility index (Phi) is 6.11. The molecule has 3 heterocycles. The average Bonchev–Trinajstić information content (AvgIpc) is 3.16. The molecule has 1 amide bonds. The van der Waals surface area contributed by atoms with Crippen molar-refractivity contribution in [1.82, 2.24) is 19.5 Å². The molecule has 1 aliphatic heterocycles. The van der Waals surface area contributed by atoms with Crippen LogP contribution in [0.5, 0.6) is 0 Å². The highest BCUT2D eigenvalue weighted by Gasteiger charge is 2.22. The summed E-state index contributed by atoms with van der Waals surface area (Å²) in [5.74, 6) is 1.31. The molecule has 0 aromatic carbocycles. The number of carbonyl (C=O) groups is 1. The molecule has 0 spiro atoms. The van der Waals surface area contributed by atoms with Gasteiger partial charge in [0.2, 0.25) is 5.91 Å². The van der Waals surface area contributed by atoms with E-state index in [-0.39, 0.29) is 12.5 Å². The van der Waals surface area contributed by atoms with Gasteiger partial charge < -0.3 is 18.7 Å². The Morgan fingerprint density at radius 1 is 1.42 bits per heavy atom. The van der Waals surface area contributed by atoms with Gasteiger partial charge in [0.15, 0.2) is 0 Å². The fourth-order valence-corrected chi connectivity index (χ4v) is 3.33. The lowest BCUT2D eigenvalue weighted by molar-refractivity contribution is -0.133. The predicted molar refractivity (Wildman–Crippen MR) is 97.4 cm³/mol. The number of fused-ring (bicyclic) bond motifs is 1. The molecule has 0 bridgehead atoms. The monoisotopic (exact) mass is 360 g/mol. The van der Waals surface area contributed by atoms with Gasteiger partial charge in [-0.3, -0.25) is 9.69 Å². The summed E-state index contributed by atoms with van der Waals surface area (Å²) in [5.41, 5.74) is 2.28. The van der Waals surface area contributed by atoms with Gasteiger partial charge in [0.25, 0.3) is 0 Å². The predicted octanol–water partition coefficient (Wildman–Crippen LogP) is 1.91. The number of carbonyl (C=O) groups excluding carboxylic acids is 1. The molecular weight excluding hydrogens is 332 g/mol. The van der Waals surface area contributed by atoms with E-state index in [9.17, 15) is 4.79 Å². The molecule has 26 heavy (non-hydrogen) atoms. The molecule has 1 atom stereocenters. The van der Waals surface area contributed by atoms with Crippen molar-refractivity contribution in [2.45, 2.75) is 33.0 Å². The third-order valence-electron chi connectivity index (χ3n) is 4.74. The number of amides is 1. The van der Waals surface area contributed by atoms with E-state index >= 15 is 0 Å². The van der Waals surface area contributed by atoms with Crippen LogP contribution in [0.4, 0.5) is 0 Å². The molecule has 3 rings (SSSR count).